The highest BCUT2D eigenvalue weighted by Gasteiger charge is 2.23. The molecule has 2 heterocycles. The maximum Gasteiger partial charge on any atom is 0.226 e. The number of thiazole rings is 1. The van der Waals surface area contributed by atoms with Crippen LogP contribution in [0.4, 0.5) is 0 Å². The van der Waals surface area contributed by atoms with E-state index in [1.807, 2.05) is 17.5 Å². The number of nitrogens with zero attached hydrogens (tertiary/aromatic N) is 1. The summed E-state index contributed by atoms with van der Waals surface area (Å²) in [4.78, 5) is 16.6. The van der Waals surface area contributed by atoms with Crippen molar-refractivity contribution in [3.05, 3.63) is 52.4 Å². The first-order valence-corrected chi connectivity index (χ1v) is 10.7. The third-order valence-electron chi connectivity index (χ3n) is 3.99. The van der Waals surface area contributed by atoms with Crippen molar-refractivity contribution in [3.63, 3.8) is 0 Å². The highest BCUT2D eigenvalue weighted by atomic mass is 32.2. The predicted molar refractivity (Wildman–Crippen MR) is 100 cm³/mol. The zero-order chi connectivity index (χ0) is 18.0. The number of amides is 1. The van der Waals surface area contributed by atoms with Crippen LogP contribution in [-0.4, -0.2) is 31.1 Å². The molecule has 0 bridgehead atoms. The lowest BCUT2D eigenvalue weighted by molar-refractivity contribution is -0.120. The Kier molecular flexibility index (Phi) is 5.06. The minimum Gasteiger partial charge on any atom is -0.348 e. The third-order valence-corrected chi connectivity index (χ3v) is 6.33. The summed E-state index contributed by atoms with van der Waals surface area (Å²) in [7, 11) is -3.16. The van der Waals surface area contributed by atoms with Crippen LogP contribution >= 0.6 is 11.3 Å². The average molecular weight is 377 g/mol. The fourth-order valence-electron chi connectivity index (χ4n) is 2.62. The van der Waals surface area contributed by atoms with Gasteiger partial charge in [-0.15, -0.1) is 11.3 Å². The minimum atomic E-state index is -3.16. The Morgan fingerprint density at radius 3 is 2.64 bits per heavy atom. The second-order valence-electron chi connectivity index (χ2n) is 6.43. The molecule has 1 aliphatic rings. The van der Waals surface area contributed by atoms with E-state index in [1.54, 1.807) is 0 Å². The zero-order valence-corrected chi connectivity index (χ0v) is 15.7. The topological polar surface area (TPSA) is 76.1 Å². The highest BCUT2D eigenvalue weighted by molar-refractivity contribution is 7.94. The fourth-order valence-corrected chi connectivity index (χ4v) is 4.68. The molecule has 5 nitrogen and oxygen atoms in total. The van der Waals surface area contributed by atoms with Crippen molar-refractivity contribution in [2.24, 2.45) is 0 Å². The van der Waals surface area contributed by atoms with Gasteiger partial charge in [0.15, 0.2) is 9.84 Å². The maximum absolute atomic E-state index is 12.1. The summed E-state index contributed by atoms with van der Waals surface area (Å²) in [6.07, 6.45) is 1.65. The first-order chi connectivity index (χ1) is 11.8. The first-order valence-electron chi connectivity index (χ1n) is 8.07. The van der Waals surface area contributed by atoms with Crippen LogP contribution in [0.15, 0.2) is 41.1 Å². The quantitative estimate of drug-likeness (QED) is 0.870. The van der Waals surface area contributed by atoms with Crippen molar-refractivity contribution in [3.8, 4) is 10.6 Å². The van der Waals surface area contributed by atoms with E-state index in [4.69, 9.17) is 0 Å². The number of aromatic nitrogens is 1. The molecule has 3 rings (SSSR count). The molecule has 1 atom stereocenters. The van der Waals surface area contributed by atoms with E-state index in [1.165, 1.54) is 23.0 Å². The van der Waals surface area contributed by atoms with Crippen LogP contribution in [0.25, 0.3) is 10.6 Å². The van der Waals surface area contributed by atoms with E-state index >= 15 is 0 Å². The van der Waals surface area contributed by atoms with Gasteiger partial charge in [-0.3, -0.25) is 4.79 Å². The number of hydrogen-bond donors (Lipinski definition) is 1. The number of hydrogen-bond acceptors (Lipinski definition) is 5. The predicted octanol–water partition coefficient (Wildman–Crippen LogP) is 2.90. The molecule has 132 valence electrons. The molecule has 0 aliphatic carbocycles. The number of carbonyl (C=O) groups excluding carboxylic acids is 1. The van der Waals surface area contributed by atoms with Gasteiger partial charge in [0.25, 0.3) is 0 Å². The largest absolute Gasteiger partial charge is 0.348 e. The van der Waals surface area contributed by atoms with Crippen LogP contribution in [0.2, 0.25) is 0 Å². The van der Waals surface area contributed by atoms with Crippen molar-refractivity contribution in [2.45, 2.75) is 32.2 Å². The van der Waals surface area contributed by atoms with E-state index in [0.717, 1.165) is 16.0 Å². The van der Waals surface area contributed by atoms with Crippen LogP contribution in [0, 0.1) is 0 Å². The highest BCUT2D eigenvalue weighted by Crippen LogP contribution is 2.26. The number of sulfone groups is 1. The maximum atomic E-state index is 12.1. The molecule has 0 radical (unpaired) electrons. The second kappa shape index (κ2) is 7.09. The SMILES string of the molecule is CC(C)c1ccc(-c2nc(CC(=O)NC3C=CS(=O)(=O)C3)cs2)cc1. The number of rotatable bonds is 5. The summed E-state index contributed by atoms with van der Waals surface area (Å²) >= 11 is 1.50. The molecule has 1 unspecified atom stereocenters. The van der Waals surface area contributed by atoms with Gasteiger partial charge < -0.3 is 5.32 Å². The summed E-state index contributed by atoms with van der Waals surface area (Å²) in [6.45, 7) is 4.31. The summed E-state index contributed by atoms with van der Waals surface area (Å²) in [5.41, 5.74) is 3.00. The molecule has 0 saturated heterocycles. The monoisotopic (exact) mass is 376 g/mol. The van der Waals surface area contributed by atoms with Crippen molar-refractivity contribution in [1.82, 2.24) is 10.3 Å². The standard InChI is InChI=1S/C18H20N2O3S2/c1-12(2)13-3-5-14(6-4-13)18-20-16(10-24-18)9-17(21)19-15-7-8-25(22,23)11-15/h3-8,10,12,15H,9,11H2,1-2H3,(H,19,21). The molecule has 7 heteroatoms. The Morgan fingerprint density at radius 1 is 1.32 bits per heavy atom. The van der Waals surface area contributed by atoms with Gasteiger partial charge in [-0.1, -0.05) is 38.1 Å². The lowest BCUT2D eigenvalue weighted by atomic mass is 10.0. The molecular formula is C18H20N2O3S2. The number of nitrogens with one attached hydrogen (secondary N) is 1. The Hall–Kier alpha value is -1.99. The van der Waals surface area contributed by atoms with Gasteiger partial charge >= 0.3 is 0 Å². The van der Waals surface area contributed by atoms with Crippen molar-refractivity contribution in [1.29, 1.82) is 0 Å². The summed E-state index contributed by atoms with van der Waals surface area (Å²) in [5, 5.41) is 6.61. The Balaban J connectivity index is 1.61. The van der Waals surface area contributed by atoms with Crippen LogP contribution in [0.5, 0.6) is 0 Å². The number of carbonyl (C=O) groups is 1. The van der Waals surface area contributed by atoms with Gasteiger partial charge in [0, 0.05) is 16.4 Å². The lowest BCUT2D eigenvalue weighted by Crippen LogP contribution is -2.36. The summed E-state index contributed by atoms with van der Waals surface area (Å²) < 4.78 is 22.7. The molecular weight excluding hydrogens is 356 g/mol. The van der Waals surface area contributed by atoms with Gasteiger partial charge in [0.05, 0.1) is 23.9 Å². The molecule has 1 N–H and O–H groups in total. The molecule has 1 aliphatic heterocycles. The van der Waals surface area contributed by atoms with E-state index in [0.29, 0.717) is 11.6 Å². The molecule has 0 fully saturated rings. The summed E-state index contributed by atoms with van der Waals surface area (Å²) in [5.74, 6) is 0.195. The van der Waals surface area contributed by atoms with Gasteiger partial charge in [-0.2, -0.15) is 0 Å². The van der Waals surface area contributed by atoms with Gasteiger partial charge in [-0.05, 0) is 17.6 Å². The van der Waals surface area contributed by atoms with Crippen molar-refractivity contribution >= 4 is 27.1 Å². The lowest BCUT2D eigenvalue weighted by Gasteiger charge is -2.08. The molecule has 25 heavy (non-hydrogen) atoms. The van der Waals surface area contributed by atoms with Crippen LogP contribution in [0.1, 0.15) is 31.0 Å². The smallest absolute Gasteiger partial charge is 0.226 e. The zero-order valence-electron chi connectivity index (χ0n) is 14.1. The normalized spacial score (nSPS) is 18.6. The second-order valence-corrected chi connectivity index (χ2v) is 9.22. The van der Waals surface area contributed by atoms with Crippen molar-refractivity contribution < 1.29 is 13.2 Å². The molecule has 1 aromatic heterocycles. The van der Waals surface area contributed by atoms with Crippen LogP contribution in [0.3, 0.4) is 0 Å². The van der Waals surface area contributed by atoms with Gasteiger partial charge in [0.2, 0.25) is 5.91 Å². The summed E-state index contributed by atoms with van der Waals surface area (Å²) in [6, 6.07) is 7.85. The molecule has 0 saturated carbocycles. The molecule has 2 aromatic rings. The minimum absolute atomic E-state index is 0.0662. The fraction of sp³-hybridized carbons (Fsp3) is 0.333. The van der Waals surface area contributed by atoms with E-state index in [9.17, 15) is 13.2 Å². The van der Waals surface area contributed by atoms with Crippen molar-refractivity contribution in [2.75, 3.05) is 5.75 Å². The van der Waals surface area contributed by atoms with Gasteiger partial charge in [-0.25, -0.2) is 13.4 Å². The van der Waals surface area contributed by atoms with E-state index in [-0.39, 0.29) is 18.1 Å². The van der Waals surface area contributed by atoms with E-state index in [2.05, 4.69) is 36.3 Å². The van der Waals surface area contributed by atoms with Crippen LogP contribution < -0.4 is 5.32 Å². The Morgan fingerprint density at radius 2 is 2.04 bits per heavy atom. The van der Waals surface area contributed by atoms with Crippen LogP contribution in [-0.2, 0) is 21.1 Å². The Bertz CT molecular complexity index is 897. The van der Waals surface area contributed by atoms with E-state index < -0.39 is 15.9 Å². The molecule has 1 aromatic carbocycles. The average Bonchev–Trinajstić information content (AvgIpc) is 3.13. The molecule has 0 spiro atoms. The Labute approximate surface area is 151 Å². The molecule has 1 amide bonds. The van der Waals surface area contributed by atoms with Gasteiger partial charge in [0.1, 0.15) is 5.01 Å². The number of benzene rings is 1. The first kappa shape index (κ1) is 17.8. The third kappa shape index (κ3) is 4.55.